The predicted molar refractivity (Wildman–Crippen MR) is 122 cm³/mol. The highest BCUT2D eigenvalue weighted by atomic mass is 16.2. The summed E-state index contributed by atoms with van der Waals surface area (Å²) in [5, 5.41) is 2.52. The Labute approximate surface area is 172 Å². The van der Waals surface area contributed by atoms with Gasteiger partial charge >= 0.3 is 0 Å². The van der Waals surface area contributed by atoms with Crippen LogP contribution in [-0.2, 0) is 6.54 Å². The Bertz CT molecular complexity index is 1090. The number of para-hydroxylation sites is 2. The van der Waals surface area contributed by atoms with Crippen molar-refractivity contribution in [3.8, 4) is 0 Å². The van der Waals surface area contributed by atoms with Gasteiger partial charge in [0.2, 0.25) is 0 Å². The Hall–Kier alpha value is -3.07. The van der Waals surface area contributed by atoms with E-state index in [-0.39, 0.29) is 5.91 Å². The van der Waals surface area contributed by atoms with Gasteiger partial charge in [0.1, 0.15) is 0 Å². The smallest absolute Gasteiger partial charge is 0.253 e. The summed E-state index contributed by atoms with van der Waals surface area (Å²) in [4.78, 5) is 14.7. The molecule has 1 unspecified atom stereocenters. The topological polar surface area (TPSA) is 25.2 Å². The molecule has 0 bridgehead atoms. The second-order valence-electron chi connectivity index (χ2n) is 7.84. The van der Waals surface area contributed by atoms with Gasteiger partial charge in [-0.25, -0.2) is 0 Å². The van der Waals surface area contributed by atoms with Crippen LogP contribution >= 0.6 is 0 Å². The van der Waals surface area contributed by atoms with E-state index in [1.165, 1.54) is 27.4 Å². The highest BCUT2D eigenvalue weighted by molar-refractivity contribution is 6.08. The first-order valence-electron chi connectivity index (χ1n) is 10.4. The lowest BCUT2D eigenvalue weighted by Crippen LogP contribution is -2.30. The maximum Gasteiger partial charge on any atom is 0.253 e. The zero-order chi connectivity index (χ0) is 20.4. The normalized spacial score (nSPS) is 12.4. The quantitative estimate of drug-likeness (QED) is 0.395. The fraction of sp³-hybridized carbons (Fsp3) is 0.269. The first kappa shape index (κ1) is 19.3. The summed E-state index contributed by atoms with van der Waals surface area (Å²) < 4.78 is 2.32. The van der Waals surface area contributed by atoms with Crippen LogP contribution < -0.4 is 0 Å². The average molecular weight is 385 g/mol. The summed E-state index contributed by atoms with van der Waals surface area (Å²) in [6.45, 7) is 5.83. The van der Waals surface area contributed by atoms with Gasteiger partial charge in [-0.15, -0.1) is 0 Å². The minimum Gasteiger partial charge on any atom is -0.340 e. The molecule has 148 valence electrons. The van der Waals surface area contributed by atoms with E-state index in [0.717, 1.165) is 18.5 Å². The van der Waals surface area contributed by atoms with E-state index in [9.17, 15) is 4.79 Å². The first-order valence-corrected chi connectivity index (χ1v) is 10.4. The Morgan fingerprint density at radius 2 is 1.45 bits per heavy atom. The molecule has 0 spiro atoms. The molecular weight excluding hydrogens is 356 g/mol. The molecule has 0 saturated heterocycles. The predicted octanol–water partition coefficient (Wildman–Crippen LogP) is 6.08. The third-order valence-corrected chi connectivity index (χ3v) is 6.02. The minimum atomic E-state index is 0.0708. The number of hydrogen-bond donors (Lipinski definition) is 0. The van der Waals surface area contributed by atoms with Gasteiger partial charge in [-0.2, -0.15) is 0 Å². The summed E-state index contributed by atoms with van der Waals surface area (Å²) in [5.74, 6) is 0.591. The van der Waals surface area contributed by atoms with Gasteiger partial charge in [-0.3, -0.25) is 4.79 Å². The Morgan fingerprint density at radius 3 is 2.00 bits per heavy atom. The Kier molecular flexibility index (Phi) is 5.39. The van der Waals surface area contributed by atoms with Crippen molar-refractivity contribution in [1.82, 2.24) is 9.47 Å². The second-order valence-corrected chi connectivity index (χ2v) is 7.84. The van der Waals surface area contributed by atoms with E-state index in [0.29, 0.717) is 12.5 Å². The number of likely N-dealkylation sites (N-methyl/N-ethyl adjacent to an activating group) is 1. The zero-order valence-electron chi connectivity index (χ0n) is 17.4. The molecule has 3 heteroatoms. The van der Waals surface area contributed by atoms with Gasteiger partial charge in [0.25, 0.3) is 5.91 Å². The van der Waals surface area contributed by atoms with Crippen molar-refractivity contribution in [2.45, 2.75) is 32.7 Å². The van der Waals surface area contributed by atoms with Crippen LogP contribution in [0.1, 0.15) is 42.1 Å². The van der Waals surface area contributed by atoms with Crippen molar-refractivity contribution in [1.29, 1.82) is 0 Å². The Balaban J connectivity index is 1.53. The largest absolute Gasteiger partial charge is 0.340 e. The number of fused-ring (bicyclic) bond motifs is 3. The zero-order valence-corrected chi connectivity index (χ0v) is 17.4. The number of nitrogens with zero attached hydrogens (tertiary/aromatic N) is 2. The maximum absolute atomic E-state index is 12.9. The third-order valence-electron chi connectivity index (χ3n) is 6.02. The molecule has 0 saturated carbocycles. The van der Waals surface area contributed by atoms with Crippen LogP contribution in [-0.4, -0.2) is 29.0 Å². The molecule has 29 heavy (non-hydrogen) atoms. The number of benzene rings is 3. The molecule has 3 nitrogen and oxygen atoms in total. The van der Waals surface area contributed by atoms with Crippen molar-refractivity contribution < 1.29 is 4.79 Å². The van der Waals surface area contributed by atoms with E-state index in [1.54, 1.807) is 0 Å². The molecule has 3 aromatic carbocycles. The lowest BCUT2D eigenvalue weighted by atomic mass is 9.97. The summed E-state index contributed by atoms with van der Waals surface area (Å²) in [5.41, 5.74) is 4.47. The molecule has 1 amide bonds. The van der Waals surface area contributed by atoms with E-state index in [1.807, 2.05) is 24.1 Å². The minimum absolute atomic E-state index is 0.0708. The number of carbonyl (C=O) groups excluding carboxylic acids is 1. The number of aromatic nitrogens is 1. The fourth-order valence-corrected chi connectivity index (χ4v) is 4.01. The monoisotopic (exact) mass is 384 g/mol. The van der Waals surface area contributed by atoms with Crippen molar-refractivity contribution in [3.05, 3.63) is 83.9 Å². The molecule has 4 rings (SSSR count). The number of rotatable bonds is 6. The standard InChI is InChI=1S/C26H28N2O/c1-4-19(2)20-13-15-21(16-14-20)26(29)27(3)17-18-28-24-11-7-5-9-22(24)23-10-6-8-12-25(23)28/h5-16,19H,4,17-18H2,1-3H3. The molecule has 1 heterocycles. The summed E-state index contributed by atoms with van der Waals surface area (Å²) >= 11 is 0. The molecule has 0 aliphatic rings. The second kappa shape index (κ2) is 8.12. The molecule has 0 radical (unpaired) electrons. The van der Waals surface area contributed by atoms with Gasteiger partial charge in [0.15, 0.2) is 0 Å². The lowest BCUT2D eigenvalue weighted by Gasteiger charge is -2.19. The molecule has 0 aliphatic heterocycles. The average Bonchev–Trinajstić information content (AvgIpc) is 3.10. The number of carbonyl (C=O) groups is 1. The summed E-state index contributed by atoms with van der Waals surface area (Å²) in [7, 11) is 1.89. The van der Waals surface area contributed by atoms with Gasteiger partial charge < -0.3 is 9.47 Å². The SMILES string of the molecule is CCC(C)c1ccc(C(=O)N(C)CCn2c3ccccc3c3ccccc32)cc1. The molecule has 0 aliphatic carbocycles. The summed E-state index contributed by atoms with van der Waals surface area (Å²) in [6, 6.07) is 25.1. The highest BCUT2D eigenvalue weighted by Crippen LogP contribution is 2.28. The number of hydrogen-bond acceptors (Lipinski definition) is 1. The van der Waals surface area contributed by atoms with Gasteiger partial charge in [0, 0.05) is 47.5 Å². The van der Waals surface area contributed by atoms with Crippen molar-refractivity contribution >= 4 is 27.7 Å². The van der Waals surface area contributed by atoms with Crippen LogP contribution in [0.5, 0.6) is 0 Å². The molecule has 0 fully saturated rings. The summed E-state index contributed by atoms with van der Waals surface area (Å²) in [6.07, 6.45) is 1.10. The van der Waals surface area contributed by atoms with Gasteiger partial charge in [0.05, 0.1) is 0 Å². The fourth-order valence-electron chi connectivity index (χ4n) is 4.01. The van der Waals surface area contributed by atoms with Crippen LogP contribution in [0.3, 0.4) is 0 Å². The van der Waals surface area contributed by atoms with Crippen LogP contribution in [0.15, 0.2) is 72.8 Å². The highest BCUT2D eigenvalue weighted by Gasteiger charge is 2.14. The molecule has 1 atom stereocenters. The van der Waals surface area contributed by atoms with Crippen molar-refractivity contribution in [2.75, 3.05) is 13.6 Å². The third kappa shape index (κ3) is 3.65. The molecule has 4 aromatic rings. The van der Waals surface area contributed by atoms with E-state index < -0.39 is 0 Å². The van der Waals surface area contributed by atoms with Crippen molar-refractivity contribution in [3.63, 3.8) is 0 Å². The van der Waals surface area contributed by atoms with Crippen LogP contribution in [0.4, 0.5) is 0 Å². The first-order chi connectivity index (χ1) is 14.1. The molecular formula is C26H28N2O. The van der Waals surface area contributed by atoms with Crippen molar-refractivity contribution in [2.24, 2.45) is 0 Å². The Morgan fingerprint density at radius 1 is 0.897 bits per heavy atom. The number of amides is 1. The van der Waals surface area contributed by atoms with Crippen LogP contribution in [0.25, 0.3) is 21.8 Å². The van der Waals surface area contributed by atoms with E-state index in [2.05, 4.69) is 79.1 Å². The van der Waals surface area contributed by atoms with Crippen LogP contribution in [0.2, 0.25) is 0 Å². The molecule has 0 N–H and O–H groups in total. The van der Waals surface area contributed by atoms with E-state index >= 15 is 0 Å². The van der Waals surface area contributed by atoms with E-state index in [4.69, 9.17) is 0 Å². The lowest BCUT2D eigenvalue weighted by molar-refractivity contribution is 0.0791. The molecule has 1 aromatic heterocycles. The van der Waals surface area contributed by atoms with Gasteiger partial charge in [-0.1, -0.05) is 62.4 Å². The maximum atomic E-state index is 12.9. The van der Waals surface area contributed by atoms with Crippen LogP contribution in [0, 0.1) is 0 Å². The van der Waals surface area contributed by atoms with Gasteiger partial charge in [-0.05, 0) is 42.2 Å².